The molecule has 0 amide bonds. The predicted molar refractivity (Wildman–Crippen MR) is 56.5 cm³/mol. The number of methoxy groups -OCH3 is 1. The Morgan fingerprint density at radius 1 is 1.62 bits per heavy atom. The van der Waals surface area contributed by atoms with Crippen LogP contribution in [0.15, 0.2) is 12.1 Å². The van der Waals surface area contributed by atoms with Gasteiger partial charge in [0.1, 0.15) is 11.8 Å². The van der Waals surface area contributed by atoms with E-state index in [1.54, 1.807) is 6.07 Å². The molecule has 0 bridgehead atoms. The lowest BCUT2D eigenvalue weighted by Crippen LogP contribution is -2.24. The summed E-state index contributed by atoms with van der Waals surface area (Å²) in [6.07, 6.45) is 2.16. The van der Waals surface area contributed by atoms with Gasteiger partial charge in [0.2, 0.25) is 0 Å². The van der Waals surface area contributed by atoms with E-state index in [1.807, 2.05) is 12.1 Å². The normalized spacial score (nSPS) is 18.4. The number of aryl methyl sites for hydroxylation is 1. The van der Waals surface area contributed by atoms with Crippen LogP contribution in [0.5, 0.6) is 0 Å². The van der Waals surface area contributed by atoms with Crippen LogP contribution in [-0.2, 0) is 22.4 Å². The fraction of sp³-hybridized carbons (Fsp3) is 0.417. The molecule has 0 saturated heterocycles. The summed E-state index contributed by atoms with van der Waals surface area (Å²) in [5.41, 5.74) is 2.44. The molecule has 1 heterocycles. The van der Waals surface area contributed by atoms with Crippen LogP contribution in [0.25, 0.3) is 0 Å². The number of hydrogen-bond donors (Lipinski definition) is 0. The minimum Gasteiger partial charge on any atom is -0.469 e. The second kappa shape index (κ2) is 4.31. The van der Waals surface area contributed by atoms with Crippen molar-refractivity contribution in [2.24, 2.45) is 5.92 Å². The number of nitriles is 1. The van der Waals surface area contributed by atoms with Crippen molar-refractivity contribution in [1.82, 2.24) is 4.98 Å². The molecule has 16 heavy (non-hydrogen) atoms. The van der Waals surface area contributed by atoms with E-state index < -0.39 is 0 Å². The summed E-state index contributed by atoms with van der Waals surface area (Å²) in [4.78, 5) is 15.6. The summed E-state index contributed by atoms with van der Waals surface area (Å²) in [6.45, 7) is 0. The number of hydrogen-bond acceptors (Lipinski definition) is 4. The maximum Gasteiger partial charge on any atom is 0.309 e. The van der Waals surface area contributed by atoms with Crippen LogP contribution in [-0.4, -0.2) is 18.1 Å². The van der Waals surface area contributed by atoms with E-state index in [1.165, 1.54) is 7.11 Å². The lowest BCUT2D eigenvalue weighted by molar-refractivity contribution is -0.145. The quantitative estimate of drug-likeness (QED) is 0.662. The van der Waals surface area contributed by atoms with Gasteiger partial charge in [-0.15, -0.1) is 0 Å². The summed E-state index contributed by atoms with van der Waals surface area (Å²) in [6, 6.07) is 5.60. The molecule has 1 atom stereocenters. The Hall–Kier alpha value is -1.89. The number of rotatable bonds is 1. The van der Waals surface area contributed by atoms with Gasteiger partial charge in [-0.1, -0.05) is 6.07 Å². The monoisotopic (exact) mass is 216 g/mol. The number of esters is 1. The Morgan fingerprint density at radius 3 is 3.12 bits per heavy atom. The third-order valence-electron chi connectivity index (χ3n) is 2.91. The second-order valence-electron chi connectivity index (χ2n) is 3.88. The maximum absolute atomic E-state index is 11.4. The van der Waals surface area contributed by atoms with E-state index in [0.29, 0.717) is 12.1 Å². The zero-order valence-electron chi connectivity index (χ0n) is 9.06. The zero-order valence-corrected chi connectivity index (χ0v) is 9.06. The van der Waals surface area contributed by atoms with Crippen molar-refractivity contribution in [1.29, 1.82) is 5.26 Å². The molecule has 0 radical (unpaired) electrons. The minimum atomic E-state index is -0.157. The molecule has 1 aromatic heterocycles. The molecule has 0 aliphatic heterocycles. The van der Waals surface area contributed by atoms with Crippen molar-refractivity contribution in [3.63, 3.8) is 0 Å². The molecule has 82 valence electrons. The standard InChI is InChI=1S/C12H12N2O2/c1-16-12(15)9-3-5-11-8(6-9)2-4-10(7-13)14-11/h2,4,9H,3,5-6H2,1H3. The number of carbonyl (C=O) groups excluding carboxylic acids is 1. The minimum absolute atomic E-state index is 0.0627. The summed E-state index contributed by atoms with van der Waals surface area (Å²) < 4.78 is 4.74. The van der Waals surface area contributed by atoms with Gasteiger partial charge in [0.05, 0.1) is 13.0 Å². The summed E-state index contributed by atoms with van der Waals surface area (Å²) in [5.74, 6) is -0.220. The van der Waals surface area contributed by atoms with Crippen molar-refractivity contribution < 1.29 is 9.53 Å². The molecule has 0 aromatic carbocycles. The average molecular weight is 216 g/mol. The predicted octanol–water partition coefficient (Wildman–Crippen LogP) is 1.23. The first kappa shape index (κ1) is 10.6. The topological polar surface area (TPSA) is 63.0 Å². The van der Waals surface area contributed by atoms with Crippen LogP contribution in [0, 0.1) is 17.2 Å². The van der Waals surface area contributed by atoms with Crippen LogP contribution in [0.1, 0.15) is 23.4 Å². The lowest BCUT2D eigenvalue weighted by atomic mass is 9.86. The van der Waals surface area contributed by atoms with Crippen molar-refractivity contribution in [3.8, 4) is 6.07 Å². The molecule has 0 saturated carbocycles. The number of fused-ring (bicyclic) bond motifs is 1. The Bertz CT molecular complexity index is 463. The number of pyridine rings is 1. The fourth-order valence-corrected chi connectivity index (χ4v) is 2.04. The molecular formula is C12H12N2O2. The number of aromatic nitrogens is 1. The van der Waals surface area contributed by atoms with Gasteiger partial charge in [-0.2, -0.15) is 5.26 Å². The molecule has 1 unspecified atom stereocenters. The average Bonchev–Trinajstić information content (AvgIpc) is 2.36. The number of ether oxygens (including phenoxy) is 1. The zero-order chi connectivity index (χ0) is 11.5. The van der Waals surface area contributed by atoms with E-state index in [0.717, 1.165) is 24.1 Å². The van der Waals surface area contributed by atoms with Crippen LogP contribution in [0.2, 0.25) is 0 Å². The highest BCUT2D eigenvalue weighted by molar-refractivity contribution is 5.73. The van der Waals surface area contributed by atoms with Gasteiger partial charge in [0.25, 0.3) is 0 Å². The van der Waals surface area contributed by atoms with E-state index in [9.17, 15) is 4.79 Å². The van der Waals surface area contributed by atoms with Gasteiger partial charge in [0.15, 0.2) is 0 Å². The number of nitrogens with zero attached hydrogens (tertiary/aromatic N) is 2. The number of carbonyl (C=O) groups is 1. The first-order valence-corrected chi connectivity index (χ1v) is 5.21. The van der Waals surface area contributed by atoms with Crippen molar-refractivity contribution in [2.75, 3.05) is 7.11 Å². The largest absolute Gasteiger partial charge is 0.469 e. The summed E-state index contributed by atoms with van der Waals surface area (Å²) >= 11 is 0. The van der Waals surface area contributed by atoms with Gasteiger partial charge in [-0.3, -0.25) is 4.79 Å². The fourth-order valence-electron chi connectivity index (χ4n) is 2.04. The Kier molecular flexibility index (Phi) is 2.86. The Morgan fingerprint density at radius 2 is 2.44 bits per heavy atom. The van der Waals surface area contributed by atoms with Gasteiger partial charge in [-0.05, 0) is 30.9 Å². The molecule has 0 N–H and O–H groups in total. The molecule has 1 aliphatic rings. The smallest absolute Gasteiger partial charge is 0.309 e. The highest BCUT2D eigenvalue weighted by Crippen LogP contribution is 2.25. The molecule has 4 nitrogen and oxygen atoms in total. The van der Waals surface area contributed by atoms with Crippen molar-refractivity contribution in [2.45, 2.75) is 19.3 Å². The van der Waals surface area contributed by atoms with Gasteiger partial charge in [-0.25, -0.2) is 4.98 Å². The highest BCUT2D eigenvalue weighted by atomic mass is 16.5. The van der Waals surface area contributed by atoms with Crippen LogP contribution in [0.4, 0.5) is 0 Å². The van der Waals surface area contributed by atoms with Crippen LogP contribution in [0.3, 0.4) is 0 Å². The molecule has 0 fully saturated rings. The first-order chi connectivity index (χ1) is 7.74. The van der Waals surface area contributed by atoms with E-state index in [4.69, 9.17) is 10.00 Å². The third kappa shape index (κ3) is 1.89. The van der Waals surface area contributed by atoms with E-state index in [2.05, 4.69) is 4.98 Å². The second-order valence-corrected chi connectivity index (χ2v) is 3.88. The van der Waals surface area contributed by atoms with Crippen molar-refractivity contribution in [3.05, 3.63) is 29.1 Å². The molecule has 1 aliphatic carbocycles. The molecule has 4 heteroatoms. The van der Waals surface area contributed by atoms with Crippen LogP contribution >= 0.6 is 0 Å². The van der Waals surface area contributed by atoms with Gasteiger partial charge < -0.3 is 4.74 Å². The Labute approximate surface area is 93.9 Å². The third-order valence-corrected chi connectivity index (χ3v) is 2.91. The Balaban J connectivity index is 2.23. The maximum atomic E-state index is 11.4. The summed E-state index contributed by atoms with van der Waals surface area (Å²) in [7, 11) is 1.41. The van der Waals surface area contributed by atoms with E-state index in [-0.39, 0.29) is 11.9 Å². The SMILES string of the molecule is COC(=O)C1CCc2nc(C#N)ccc2C1. The highest BCUT2D eigenvalue weighted by Gasteiger charge is 2.26. The molecule has 1 aromatic rings. The van der Waals surface area contributed by atoms with Crippen molar-refractivity contribution >= 4 is 5.97 Å². The van der Waals surface area contributed by atoms with Gasteiger partial charge in [0, 0.05) is 5.69 Å². The lowest BCUT2D eigenvalue weighted by Gasteiger charge is -2.21. The van der Waals surface area contributed by atoms with Crippen LogP contribution < -0.4 is 0 Å². The van der Waals surface area contributed by atoms with Gasteiger partial charge >= 0.3 is 5.97 Å². The molecule has 2 rings (SSSR count). The molecule has 0 spiro atoms. The van der Waals surface area contributed by atoms with E-state index >= 15 is 0 Å². The molecular weight excluding hydrogens is 204 g/mol. The summed E-state index contributed by atoms with van der Waals surface area (Å²) in [5, 5.41) is 8.73. The first-order valence-electron chi connectivity index (χ1n) is 5.21.